The molecule has 1 aromatic heterocycles. The molecule has 0 saturated heterocycles. The quantitative estimate of drug-likeness (QED) is 0.680. The van der Waals surface area contributed by atoms with E-state index >= 15 is 0 Å². The van der Waals surface area contributed by atoms with Gasteiger partial charge in [0.05, 0.1) is 6.54 Å². The summed E-state index contributed by atoms with van der Waals surface area (Å²) in [6.45, 7) is 8.13. The van der Waals surface area contributed by atoms with E-state index in [9.17, 15) is 0 Å². The molecule has 2 rings (SSSR count). The first-order chi connectivity index (χ1) is 6.68. The van der Waals surface area contributed by atoms with E-state index in [4.69, 9.17) is 4.74 Å². The minimum absolute atomic E-state index is 0.501. The van der Waals surface area contributed by atoms with Crippen molar-refractivity contribution >= 4 is 5.69 Å². The van der Waals surface area contributed by atoms with E-state index in [-0.39, 0.29) is 0 Å². The van der Waals surface area contributed by atoms with Crippen molar-refractivity contribution in [3.63, 3.8) is 0 Å². The highest BCUT2D eigenvalue weighted by Gasteiger charge is 2.20. The van der Waals surface area contributed by atoms with Crippen molar-refractivity contribution in [3.8, 4) is 5.88 Å². The molecule has 0 fully saturated rings. The van der Waals surface area contributed by atoms with Gasteiger partial charge in [-0.05, 0) is 32.4 Å². The molecule has 0 saturated carbocycles. The Balaban J connectivity index is 2.41. The Morgan fingerprint density at radius 1 is 1.50 bits per heavy atom. The minimum atomic E-state index is 0.501. The summed E-state index contributed by atoms with van der Waals surface area (Å²) in [5.41, 5.74) is 2.31. The fraction of sp³-hybridized carbons (Fsp3) is 0.545. The van der Waals surface area contributed by atoms with Crippen LogP contribution < -0.4 is 9.64 Å². The molecule has 0 atom stereocenters. The summed E-state index contributed by atoms with van der Waals surface area (Å²) < 4.78 is 5.51. The standard InChI is InChI=1S/C11H16N2O/c1-8(2)13-4-5-14-11-10(13)6-9(3)7-12-11/h6-8H,4-5H2,1-3H3. The molecule has 1 aromatic rings. The van der Waals surface area contributed by atoms with Crippen LogP contribution in [0.4, 0.5) is 5.69 Å². The summed E-state index contributed by atoms with van der Waals surface area (Å²) in [6.07, 6.45) is 1.85. The second-order valence-corrected chi connectivity index (χ2v) is 3.97. The van der Waals surface area contributed by atoms with E-state index in [0.717, 1.165) is 24.7 Å². The highest BCUT2D eigenvalue weighted by molar-refractivity contribution is 5.58. The van der Waals surface area contributed by atoms with Crippen LogP contribution in [0, 0.1) is 6.92 Å². The zero-order valence-electron chi connectivity index (χ0n) is 8.95. The molecule has 14 heavy (non-hydrogen) atoms. The van der Waals surface area contributed by atoms with Crippen molar-refractivity contribution in [2.24, 2.45) is 0 Å². The van der Waals surface area contributed by atoms with Gasteiger partial charge in [0.1, 0.15) is 12.3 Å². The van der Waals surface area contributed by atoms with Crippen LogP contribution in [-0.2, 0) is 0 Å². The number of hydrogen-bond acceptors (Lipinski definition) is 3. The van der Waals surface area contributed by atoms with Crippen LogP contribution in [-0.4, -0.2) is 24.2 Å². The predicted octanol–water partition coefficient (Wildman–Crippen LogP) is 2.00. The number of nitrogens with zero attached hydrogens (tertiary/aromatic N) is 2. The minimum Gasteiger partial charge on any atom is -0.474 e. The first kappa shape index (κ1) is 9.31. The third kappa shape index (κ3) is 1.54. The highest BCUT2D eigenvalue weighted by Crippen LogP contribution is 2.30. The Morgan fingerprint density at radius 3 is 3.00 bits per heavy atom. The van der Waals surface area contributed by atoms with Crippen LogP contribution in [0.15, 0.2) is 12.3 Å². The first-order valence-electron chi connectivity index (χ1n) is 5.04. The topological polar surface area (TPSA) is 25.4 Å². The summed E-state index contributed by atoms with van der Waals surface area (Å²) in [7, 11) is 0. The number of pyridine rings is 1. The molecule has 0 unspecified atom stereocenters. The predicted molar refractivity (Wildman–Crippen MR) is 57.0 cm³/mol. The summed E-state index contributed by atoms with van der Waals surface area (Å²) in [6, 6.07) is 2.64. The van der Waals surface area contributed by atoms with E-state index in [2.05, 4.69) is 36.7 Å². The summed E-state index contributed by atoms with van der Waals surface area (Å²) >= 11 is 0. The number of hydrogen-bond donors (Lipinski definition) is 0. The van der Waals surface area contributed by atoms with Gasteiger partial charge in [0.15, 0.2) is 0 Å². The van der Waals surface area contributed by atoms with Crippen LogP contribution in [0.3, 0.4) is 0 Å². The normalized spacial score (nSPS) is 15.3. The Labute approximate surface area is 84.7 Å². The van der Waals surface area contributed by atoms with Gasteiger partial charge in [-0.15, -0.1) is 0 Å². The molecule has 0 spiro atoms. The Kier molecular flexibility index (Phi) is 2.32. The zero-order chi connectivity index (χ0) is 10.1. The van der Waals surface area contributed by atoms with Crippen molar-refractivity contribution in [2.45, 2.75) is 26.8 Å². The van der Waals surface area contributed by atoms with Crippen LogP contribution in [0.25, 0.3) is 0 Å². The molecule has 2 heterocycles. The second-order valence-electron chi connectivity index (χ2n) is 3.97. The molecule has 3 nitrogen and oxygen atoms in total. The second kappa shape index (κ2) is 3.48. The number of rotatable bonds is 1. The Hall–Kier alpha value is -1.25. The molecule has 76 valence electrons. The van der Waals surface area contributed by atoms with E-state index in [0.29, 0.717) is 6.04 Å². The monoisotopic (exact) mass is 192 g/mol. The molecule has 1 aliphatic heterocycles. The summed E-state index contributed by atoms with van der Waals surface area (Å²) in [4.78, 5) is 6.62. The molecule has 0 N–H and O–H groups in total. The Bertz CT molecular complexity index is 336. The van der Waals surface area contributed by atoms with Crippen molar-refractivity contribution < 1.29 is 4.74 Å². The number of aryl methyl sites for hydroxylation is 1. The molecule has 3 heteroatoms. The van der Waals surface area contributed by atoms with E-state index in [1.54, 1.807) is 0 Å². The van der Waals surface area contributed by atoms with Crippen LogP contribution in [0.1, 0.15) is 19.4 Å². The lowest BCUT2D eigenvalue weighted by atomic mass is 10.2. The van der Waals surface area contributed by atoms with Crippen LogP contribution in [0.2, 0.25) is 0 Å². The van der Waals surface area contributed by atoms with Gasteiger partial charge in [0.2, 0.25) is 5.88 Å². The fourth-order valence-corrected chi connectivity index (χ4v) is 1.76. The molecule has 0 radical (unpaired) electrons. The molecule has 0 bridgehead atoms. The fourth-order valence-electron chi connectivity index (χ4n) is 1.76. The summed E-state index contributed by atoms with van der Waals surface area (Å²) in [5, 5.41) is 0. The van der Waals surface area contributed by atoms with Gasteiger partial charge in [-0.25, -0.2) is 4.98 Å². The van der Waals surface area contributed by atoms with Crippen molar-refractivity contribution in [2.75, 3.05) is 18.1 Å². The lowest BCUT2D eigenvalue weighted by Crippen LogP contribution is -2.38. The SMILES string of the molecule is Cc1cnc2c(c1)N(C(C)C)CCO2. The lowest BCUT2D eigenvalue weighted by Gasteiger charge is -2.33. The van der Waals surface area contributed by atoms with Gasteiger partial charge in [0.25, 0.3) is 0 Å². The summed E-state index contributed by atoms with van der Waals surface area (Å²) in [5.74, 6) is 0.774. The molecular formula is C11H16N2O. The van der Waals surface area contributed by atoms with E-state index in [1.807, 2.05) is 6.20 Å². The molecule has 0 aliphatic carbocycles. The number of fused-ring (bicyclic) bond motifs is 1. The average molecular weight is 192 g/mol. The van der Waals surface area contributed by atoms with Crippen molar-refractivity contribution in [1.29, 1.82) is 0 Å². The maximum atomic E-state index is 5.51. The van der Waals surface area contributed by atoms with Crippen LogP contribution >= 0.6 is 0 Å². The number of anilines is 1. The molecule has 0 aromatic carbocycles. The smallest absolute Gasteiger partial charge is 0.237 e. The van der Waals surface area contributed by atoms with Gasteiger partial charge in [-0.1, -0.05) is 0 Å². The highest BCUT2D eigenvalue weighted by atomic mass is 16.5. The average Bonchev–Trinajstić information content (AvgIpc) is 2.16. The maximum Gasteiger partial charge on any atom is 0.237 e. The number of aromatic nitrogens is 1. The van der Waals surface area contributed by atoms with Gasteiger partial charge in [-0.2, -0.15) is 0 Å². The van der Waals surface area contributed by atoms with Gasteiger partial charge < -0.3 is 9.64 Å². The van der Waals surface area contributed by atoms with Crippen LogP contribution in [0.5, 0.6) is 5.88 Å². The maximum absolute atomic E-state index is 5.51. The third-order valence-electron chi connectivity index (χ3n) is 2.47. The Morgan fingerprint density at radius 2 is 2.29 bits per heavy atom. The first-order valence-corrected chi connectivity index (χ1v) is 5.04. The van der Waals surface area contributed by atoms with E-state index in [1.165, 1.54) is 5.56 Å². The number of ether oxygens (including phenoxy) is 1. The van der Waals surface area contributed by atoms with Crippen molar-refractivity contribution in [3.05, 3.63) is 17.8 Å². The molecule has 1 aliphatic rings. The van der Waals surface area contributed by atoms with Gasteiger partial charge >= 0.3 is 0 Å². The molecule has 0 amide bonds. The molecular weight excluding hydrogens is 176 g/mol. The van der Waals surface area contributed by atoms with Gasteiger partial charge in [-0.3, -0.25) is 0 Å². The third-order valence-corrected chi connectivity index (χ3v) is 2.47. The van der Waals surface area contributed by atoms with E-state index < -0.39 is 0 Å². The largest absolute Gasteiger partial charge is 0.474 e. The lowest BCUT2D eigenvalue weighted by molar-refractivity contribution is 0.290. The zero-order valence-corrected chi connectivity index (χ0v) is 8.95. The van der Waals surface area contributed by atoms with Gasteiger partial charge in [0, 0.05) is 12.2 Å². The van der Waals surface area contributed by atoms with Crippen molar-refractivity contribution in [1.82, 2.24) is 4.98 Å².